The molecule has 3 N–H and O–H groups in total. The van der Waals surface area contributed by atoms with Gasteiger partial charge >= 0.3 is 12.5 Å². The van der Waals surface area contributed by atoms with Crippen LogP contribution in [0.4, 0.5) is 29.5 Å². The number of H-pyrrole nitrogens is 1. The van der Waals surface area contributed by atoms with Crippen LogP contribution in [0, 0.1) is 17.3 Å². The third-order valence-electron chi connectivity index (χ3n) is 12.8. The van der Waals surface area contributed by atoms with Gasteiger partial charge in [-0.3, -0.25) is 19.3 Å². The van der Waals surface area contributed by atoms with Gasteiger partial charge in [-0.1, -0.05) is 63.6 Å². The van der Waals surface area contributed by atoms with Gasteiger partial charge in [0.25, 0.3) is 5.91 Å². The predicted molar refractivity (Wildman–Crippen MR) is 247 cm³/mol. The van der Waals surface area contributed by atoms with Gasteiger partial charge in [0, 0.05) is 50.2 Å². The molecule has 0 saturated carbocycles. The zero-order valence-electron chi connectivity index (χ0n) is 38.9. The fraction of sp³-hybridized carbons (Fsp3) is 0.500. The summed E-state index contributed by atoms with van der Waals surface area (Å²) in [5.74, 6) is -0.587. The summed E-state index contributed by atoms with van der Waals surface area (Å²) in [5.41, 5.74) is 1.08. The minimum atomic E-state index is -5.09. The molecular weight excluding hydrogens is 893 g/mol. The highest BCUT2D eigenvalue weighted by Crippen LogP contribution is 2.41. The first-order valence-electron chi connectivity index (χ1n) is 22.5. The van der Waals surface area contributed by atoms with Gasteiger partial charge in [-0.15, -0.1) is 13.2 Å². The van der Waals surface area contributed by atoms with Gasteiger partial charge in [-0.25, -0.2) is 14.8 Å². The van der Waals surface area contributed by atoms with Gasteiger partial charge in [-0.2, -0.15) is 0 Å². The lowest BCUT2D eigenvalue weighted by Crippen LogP contribution is -2.56. The molecule has 3 aliphatic rings. The van der Waals surface area contributed by atoms with E-state index in [1.807, 2.05) is 53.4 Å². The standard InChI is InChI=1S/C48H58ClF3N8O7/c1-26-17-38(60(24-26)44(62)41(57(8)46(64)65)32-18-28(3)66-29(4)19-32)42-54-23-37(56-42)31-11-9-30(10-12-31)34-20-36(49)35(21-39(34)67-48(50,51)52)43(61)55-33-13-14-40(53-22-33)59-16-15-58(25-27(59)2)45(63)47(5,6)7/h9-14,20-23,26-29,32,38,41H,15-19,24-25H2,1-8H3,(H,54,56)(H,55,61)(H,64,65)/t26-,27+,28-,29-,38-,41-/m0/s1. The summed E-state index contributed by atoms with van der Waals surface area (Å²) in [7, 11) is 1.43. The molecule has 7 rings (SSSR count). The van der Waals surface area contributed by atoms with Crippen molar-refractivity contribution in [2.45, 2.75) is 104 Å². The first-order valence-corrected chi connectivity index (χ1v) is 22.8. The average Bonchev–Trinajstić information content (AvgIpc) is 3.90. The smallest absolute Gasteiger partial charge is 0.465 e. The zero-order valence-corrected chi connectivity index (χ0v) is 39.6. The van der Waals surface area contributed by atoms with E-state index in [2.05, 4.69) is 29.9 Å². The van der Waals surface area contributed by atoms with Gasteiger partial charge in [0.1, 0.15) is 23.4 Å². The predicted octanol–water partition coefficient (Wildman–Crippen LogP) is 9.12. The minimum Gasteiger partial charge on any atom is -0.465 e. The molecule has 0 aliphatic carbocycles. The highest BCUT2D eigenvalue weighted by atomic mass is 35.5. The maximum atomic E-state index is 14.4. The minimum absolute atomic E-state index is 0.0107. The Hall–Kier alpha value is -5.88. The zero-order chi connectivity index (χ0) is 48.7. The summed E-state index contributed by atoms with van der Waals surface area (Å²) in [4.78, 5) is 72.2. The molecule has 4 amide bonds. The maximum Gasteiger partial charge on any atom is 0.573 e. The number of carboxylic acid groups (broad SMARTS) is 1. The first kappa shape index (κ1) is 49.0. The maximum absolute atomic E-state index is 14.4. The number of hydrogen-bond acceptors (Lipinski definition) is 9. The summed E-state index contributed by atoms with van der Waals surface area (Å²) in [6, 6.07) is 10.7. The lowest BCUT2D eigenvalue weighted by Gasteiger charge is -2.42. The van der Waals surface area contributed by atoms with E-state index < -0.39 is 41.6 Å². The summed E-state index contributed by atoms with van der Waals surface area (Å²) in [5, 5.41) is 12.6. The Labute approximate surface area is 393 Å². The van der Waals surface area contributed by atoms with E-state index in [9.17, 15) is 37.5 Å². The number of likely N-dealkylation sites (tertiary alicyclic amines) is 1. The molecule has 3 saturated heterocycles. The number of pyridine rings is 1. The number of halogens is 4. The number of aromatic nitrogens is 3. The van der Waals surface area contributed by atoms with Crippen molar-refractivity contribution in [3.8, 4) is 28.1 Å². The fourth-order valence-electron chi connectivity index (χ4n) is 9.66. The molecule has 2 aromatic carbocycles. The van der Waals surface area contributed by atoms with Gasteiger partial charge in [0.2, 0.25) is 11.8 Å². The molecule has 360 valence electrons. The number of alkyl halides is 3. The normalized spacial score (nSPS) is 22.9. The highest BCUT2D eigenvalue weighted by molar-refractivity contribution is 6.35. The van der Waals surface area contributed by atoms with Gasteiger partial charge in [-0.05, 0) is 87.3 Å². The molecule has 2 aromatic heterocycles. The molecule has 3 aliphatic heterocycles. The number of hydrogen-bond donors (Lipinski definition) is 3. The van der Waals surface area contributed by atoms with Crippen molar-refractivity contribution in [2.75, 3.05) is 43.4 Å². The average molecular weight is 951 g/mol. The Morgan fingerprint density at radius 1 is 0.925 bits per heavy atom. The number of likely N-dealkylation sites (N-methyl/N-ethyl adjacent to an activating group) is 1. The molecule has 15 nitrogen and oxygen atoms in total. The number of carbonyl (C=O) groups excluding carboxylic acids is 3. The third-order valence-corrected chi connectivity index (χ3v) is 13.1. The van der Waals surface area contributed by atoms with Crippen LogP contribution in [0.3, 0.4) is 0 Å². The SMILES string of the molecule is C[C@H]1C[C@@H](c2ncc(-c3ccc(-c4cc(Cl)c(C(=O)Nc5ccc(N6CCN(C(=O)C(C)(C)C)C[C@H]6C)nc5)cc4OC(F)(F)F)cc3)[nH]2)N(C(=O)[C@H](C2C[C@H](C)O[C@@H](C)C2)N(C)C(=O)O)C1. The van der Waals surface area contributed by atoms with E-state index in [0.29, 0.717) is 73.9 Å². The van der Waals surface area contributed by atoms with Crippen LogP contribution in [-0.4, -0.2) is 122 Å². The number of benzene rings is 2. The Morgan fingerprint density at radius 3 is 2.19 bits per heavy atom. The summed E-state index contributed by atoms with van der Waals surface area (Å²) in [6.45, 7) is 15.6. The molecule has 4 aromatic rings. The molecule has 6 atom stereocenters. The number of nitrogens with one attached hydrogen (secondary N) is 2. The highest BCUT2D eigenvalue weighted by Gasteiger charge is 2.45. The molecule has 0 spiro atoms. The molecule has 67 heavy (non-hydrogen) atoms. The van der Waals surface area contributed by atoms with Crippen molar-refractivity contribution in [1.29, 1.82) is 0 Å². The van der Waals surface area contributed by atoms with Crippen LogP contribution in [0.5, 0.6) is 5.75 Å². The van der Waals surface area contributed by atoms with Gasteiger partial charge in [0.15, 0.2) is 0 Å². The van der Waals surface area contributed by atoms with Crippen molar-refractivity contribution >= 4 is 46.9 Å². The topological polar surface area (TPSA) is 174 Å². The molecule has 19 heteroatoms. The Bertz CT molecular complexity index is 2450. The van der Waals surface area contributed by atoms with Crippen LogP contribution >= 0.6 is 11.6 Å². The first-order chi connectivity index (χ1) is 31.5. The fourth-order valence-corrected chi connectivity index (χ4v) is 9.91. The molecule has 0 bridgehead atoms. The Kier molecular flexibility index (Phi) is 14.2. The van der Waals surface area contributed by atoms with Crippen LogP contribution in [0.15, 0.2) is 60.9 Å². The van der Waals surface area contributed by atoms with Crippen LogP contribution in [0.25, 0.3) is 22.4 Å². The molecule has 3 fully saturated rings. The largest absolute Gasteiger partial charge is 0.573 e. The summed E-state index contributed by atoms with van der Waals surface area (Å²) in [6.07, 6.45) is -1.80. The Balaban J connectivity index is 1.06. The van der Waals surface area contributed by atoms with Crippen LogP contribution in [-0.2, 0) is 14.3 Å². The lowest BCUT2D eigenvalue weighted by molar-refractivity contribution is -0.274. The van der Waals surface area contributed by atoms with Gasteiger partial charge in [0.05, 0.1) is 52.6 Å². The number of nitrogens with zero attached hydrogens (tertiary/aromatic N) is 6. The van der Waals surface area contributed by atoms with Crippen molar-refractivity contribution in [3.05, 3.63) is 77.3 Å². The lowest BCUT2D eigenvalue weighted by atomic mass is 9.84. The van der Waals surface area contributed by atoms with E-state index in [0.717, 1.165) is 11.0 Å². The second-order valence-corrected chi connectivity index (χ2v) is 19.6. The van der Waals surface area contributed by atoms with Crippen LogP contribution in [0.2, 0.25) is 5.02 Å². The van der Waals surface area contributed by atoms with E-state index in [4.69, 9.17) is 16.3 Å². The number of rotatable bonds is 10. The second kappa shape index (κ2) is 19.4. The van der Waals surface area contributed by atoms with Crippen LogP contribution < -0.4 is 15.0 Å². The number of imidazole rings is 1. The van der Waals surface area contributed by atoms with E-state index in [-0.39, 0.29) is 63.7 Å². The summed E-state index contributed by atoms with van der Waals surface area (Å²) < 4.78 is 51.9. The number of piperazine rings is 1. The molecule has 5 heterocycles. The monoisotopic (exact) mass is 950 g/mol. The molecule has 0 radical (unpaired) electrons. The summed E-state index contributed by atoms with van der Waals surface area (Å²) >= 11 is 6.61. The quantitative estimate of drug-likeness (QED) is 0.139. The number of ether oxygens (including phenoxy) is 2. The van der Waals surface area contributed by atoms with Crippen molar-refractivity contribution < 1.29 is 46.9 Å². The number of carbonyl (C=O) groups is 4. The van der Waals surface area contributed by atoms with E-state index in [1.54, 1.807) is 47.5 Å². The van der Waals surface area contributed by atoms with Crippen molar-refractivity contribution in [1.82, 2.24) is 29.7 Å². The number of amides is 4. The molecular formula is C48H58ClF3N8O7. The second-order valence-electron chi connectivity index (χ2n) is 19.2. The van der Waals surface area contributed by atoms with E-state index >= 15 is 0 Å². The van der Waals surface area contributed by atoms with Gasteiger partial charge < -0.3 is 39.6 Å². The molecule has 0 unspecified atom stereocenters. The number of anilines is 2. The van der Waals surface area contributed by atoms with Crippen molar-refractivity contribution in [3.63, 3.8) is 0 Å². The third kappa shape index (κ3) is 11.1. The van der Waals surface area contributed by atoms with E-state index in [1.165, 1.54) is 19.3 Å². The van der Waals surface area contributed by atoms with Crippen LogP contribution in [0.1, 0.15) is 90.0 Å². The number of aromatic amines is 1. The Morgan fingerprint density at radius 2 is 1.60 bits per heavy atom. The van der Waals surface area contributed by atoms with Crippen molar-refractivity contribution in [2.24, 2.45) is 17.3 Å².